The van der Waals surface area contributed by atoms with Crippen molar-refractivity contribution in [2.75, 3.05) is 33.9 Å². The molecule has 0 bridgehead atoms. The highest BCUT2D eigenvalue weighted by molar-refractivity contribution is 6.04. The third kappa shape index (κ3) is 4.85. The van der Waals surface area contributed by atoms with Crippen LogP contribution in [0.15, 0.2) is 65.7 Å². The van der Waals surface area contributed by atoms with Gasteiger partial charge < -0.3 is 24.0 Å². The second-order valence-electron chi connectivity index (χ2n) is 9.11. The third-order valence-corrected chi connectivity index (χ3v) is 6.66. The number of halogens is 3. The van der Waals surface area contributed by atoms with Gasteiger partial charge in [0.15, 0.2) is 5.75 Å². The van der Waals surface area contributed by atoms with E-state index in [4.69, 9.17) is 14.2 Å². The van der Waals surface area contributed by atoms with Crippen molar-refractivity contribution >= 4 is 17.4 Å². The number of ether oxygens (including phenoxy) is 3. The normalized spacial score (nSPS) is 17.0. The second-order valence-corrected chi connectivity index (χ2v) is 9.11. The largest absolute Gasteiger partial charge is 0.497 e. The Labute approximate surface area is 218 Å². The molecule has 2 aliphatic rings. The Morgan fingerprint density at radius 2 is 1.71 bits per heavy atom. The molecule has 3 aromatic rings. The van der Waals surface area contributed by atoms with Crippen molar-refractivity contribution in [3.63, 3.8) is 0 Å². The lowest BCUT2D eigenvalue weighted by Gasteiger charge is -2.41. The number of benzene rings is 3. The summed E-state index contributed by atoms with van der Waals surface area (Å²) in [5.41, 5.74) is 0.378. The maximum absolute atomic E-state index is 13.5. The summed E-state index contributed by atoms with van der Waals surface area (Å²) in [7, 11) is 3.08. The Hall–Kier alpha value is -4.21. The zero-order valence-corrected chi connectivity index (χ0v) is 21.1. The molecule has 0 saturated carbocycles. The molecule has 2 heterocycles. The average molecular weight is 526 g/mol. The summed E-state index contributed by atoms with van der Waals surface area (Å²) in [5, 5.41) is 0. The lowest BCUT2D eigenvalue weighted by Crippen LogP contribution is -2.55. The Morgan fingerprint density at radius 3 is 2.42 bits per heavy atom. The van der Waals surface area contributed by atoms with E-state index in [1.54, 1.807) is 54.5 Å². The summed E-state index contributed by atoms with van der Waals surface area (Å²) in [6.07, 6.45) is -4.52. The molecule has 2 aliphatic heterocycles. The van der Waals surface area contributed by atoms with Crippen LogP contribution in [-0.4, -0.2) is 61.4 Å². The highest BCUT2D eigenvalue weighted by Crippen LogP contribution is 2.42. The number of amides is 1. The van der Waals surface area contributed by atoms with Gasteiger partial charge in [0, 0.05) is 31.2 Å². The van der Waals surface area contributed by atoms with Crippen LogP contribution in [-0.2, 0) is 6.18 Å². The van der Waals surface area contributed by atoms with Gasteiger partial charge in [-0.3, -0.25) is 4.79 Å². The van der Waals surface area contributed by atoms with Crippen LogP contribution in [0.25, 0.3) is 0 Å². The fraction of sp³-hybridized carbons (Fsp3) is 0.286. The number of hydrogen-bond acceptors (Lipinski definition) is 6. The molecule has 1 atom stereocenters. The van der Waals surface area contributed by atoms with E-state index in [1.165, 1.54) is 13.2 Å². The number of nitrogens with zero attached hydrogens (tertiary/aromatic N) is 3. The van der Waals surface area contributed by atoms with Crippen LogP contribution in [0.1, 0.15) is 28.4 Å². The number of fused-ring (bicyclic) bond motifs is 2. The molecule has 1 fully saturated rings. The smallest absolute Gasteiger partial charge is 0.416 e. The van der Waals surface area contributed by atoms with Gasteiger partial charge in [0.05, 0.1) is 25.3 Å². The van der Waals surface area contributed by atoms with E-state index < -0.39 is 11.7 Å². The molecule has 0 aliphatic carbocycles. The van der Waals surface area contributed by atoms with Gasteiger partial charge in [-0.15, -0.1) is 0 Å². The van der Waals surface area contributed by atoms with Crippen LogP contribution in [0.2, 0.25) is 0 Å². The van der Waals surface area contributed by atoms with E-state index >= 15 is 0 Å². The number of piperazine rings is 1. The van der Waals surface area contributed by atoms with Crippen LogP contribution in [0.3, 0.4) is 0 Å². The number of carbonyl (C=O) groups is 1. The zero-order valence-electron chi connectivity index (χ0n) is 21.1. The topological polar surface area (TPSA) is 63.6 Å². The van der Waals surface area contributed by atoms with Gasteiger partial charge in [0.2, 0.25) is 0 Å². The molecule has 198 valence electrons. The maximum atomic E-state index is 13.5. The van der Waals surface area contributed by atoms with Gasteiger partial charge in [-0.05, 0) is 61.5 Å². The van der Waals surface area contributed by atoms with Gasteiger partial charge >= 0.3 is 6.18 Å². The first-order valence-electron chi connectivity index (χ1n) is 12.0. The van der Waals surface area contributed by atoms with E-state index in [9.17, 15) is 18.0 Å². The molecule has 38 heavy (non-hydrogen) atoms. The molecule has 3 aromatic carbocycles. The molecule has 0 radical (unpaired) electrons. The van der Waals surface area contributed by atoms with Crippen LogP contribution >= 0.6 is 0 Å². The third-order valence-electron chi connectivity index (χ3n) is 6.66. The predicted octanol–water partition coefficient (Wildman–Crippen LogP) is 5.75. The maximum Gasteiger partial charge on any atom is 0.416 e. The van der Waals surface area contributed by atoms with Crippen molar-refractivity contribution in [1.82, 2.24) is 9.80 Å². The van der Waals surface area contributed by atoms with Crippen molar-refractivity contribution in [3.8, 4) is 23.0 Å². The van der Waals surface area contributed by atoms with Gasteiger partial charge in [0.25, 0.3) is 5.91 Å². The first-order valence-corrected chi connectivity index (χ1v) is 12.0. The Kier molecular flexibility index (Phi) is 6.64. The standard InChI is InChI=1S/C28H26F3N3O4/c1-17-16-33(11-12-34(17)27(35)18-5-4-6-20(13-18)36-2)26-22-15-21(37-3)8-10-24(22)38-25-9-7-19(28(29,30)31)14-23(25)32-26/h4-10,13-15,17H,11-12,16H2,1-3H3. The number of alkyl halides is 3. The van der Waals surface area contributed by atoms with Crippen LogP contribution < -0.4 is 14.2 Å². The Balaban J connectivity index is 1.50. The van der Waals surface area contributed by atoms with Gasteiger partial charge in [-0.1, -0.05) is 6.07 Å². The van der Waals surface area contributed by atoms with Gasteiger partial charge in [-0.2, -0.15) is 13.2 Å². The monoisotopic (exact) mass is 525 g/mol. The van der Waals surface area contributed by atoms with Gasteiger partial charge in [-0.25, -0.2) is 4.99 Å². The SMILES string of the molecule is COc1cccc(C(=O)N2CCN(C3=Nc4cc(C(F)(F)F)ccc4Oc4ccc(OC)cc43)CC2C)c1. The molecule has 0 N–H and O–H groups in total. The fourth-order valence-electron chi connectivity index (χ4n) is 4.67. The second kappa shape index (κ2) is 9.92. The fourth-order valence-corrected chi connectivity index (χ4v) is 4.67. The van der Waals surface area contributed by atoms with Crippen LogP contribution in [0, 0.1) is 0 Å². The lowest BCUT2D eigenvalue weighted by molar-refractivity contribution is -0.137. The van der Waals surface area contributed by atoms with E-state index in [0.29, 0.717) is 53.8 Å². The molecular formula is C28H26F3N3O4. The molecule has 1 saturated heterocycles. The van der Waals surface area contributed by atoms with Crippen molar-refractivity contribution in [2.24, 2.45) is 4.99 Å². The van der Waals surface area contributed by atoms with E-state index in [1.807, 2.05) is 11.8 Å². The molecule has 0 aromatic heterocycles. The molecule has 1 amide bonds. The predicted molar refractivity (Wildman–Crippen MR) is 136 cm³/mol. The summed E-state index contributed by atoms with van der Waals surface area (Å²) in [6.45, 7) is 3.16. The first kappa shape index (κ1) is 25.4. The lowest BCUT2D eigenvalue weighted by atomic mass is 10.1. The first-order chi connectivity index (χ1) is 18.2. The quantitative estimate of drug-likeness (QED) is 0.436. The number of hydrogen-bond donors (Lipinski definition) is 0. The number of amidine groups is 1. The molecule has 5 rings (SSSR count). The van der Waals surface area contributed by atoms with Crippen molar-refractivity contribution in [1.29, 1.82) is 0 Å². The summed E-state index contributed by atoms with van der Waals surface area (Å²) in [6, 6.07) is 15.2. The minimum absolute atomic E-state index is 0.0764. The highest BCUT2D eigenvalue weighted by atomic mass is 19.4. The molecular weight excluding hydrogens is 499 g/mol. The summed E-state index contributed by atoms with van der Waals surface area (Å²) in [5.74, 6) is 2.16. The molecule has 0 spiro atoms. The zero-order chi connectivity index (χ0) is 27.0. The average Bonchev–Trinajstić information content (AvgIpc) is 3.08. The minimum atomic E-state index is -4.52. The van der Waals surface area contributed by atoms with E-state index in [-0.39, 0.29) is 23.4 Å². The Bertz CT molecular complexity index is 1410. The number of methoxy groups -OCH3 is 2. The number of rotatable bonds is 3. The molecule has 7 nitrogen and oxygen atoms in total. The summed E-state index contributed by atoms with van der Waals surface area (Å²) in [4.78, 5) is 21.7. The van der Waals surface area contributed by atoms with Gasteiger partial charge in [0.1, 0.15) is 28.8 Å². The highest BCUT2D eigenvalue weighted by Gasteiger charge is 2.34. The molecule has 10 heteroatoms. The van der Waals surface area contributed by atoms with Crippen LogP contribution in [0.4, 0.5) is 18.9 Å². The minimum Gasteiger partial charge on any atom is -0.497 e. The summed E-state index contributed by atoms with van der Waals surface area (Å²) >= 11 is 0. The van der Waals surface area contributed by atoms with Crippen molar-refractivity contribution < 1.29 is 32.2 Å². The summed E-state index contributed by atoms with van der Waals surface area (Å²) < 4.78 is 57.1. The van der Waals surface area contributed by atoms with Crippen molar-refractivity contribution in [2.45, 2.75) is 19.1 Å². The number of carbonyl (C=O) groups excluding carboxylic acids is 1. The number of aliphatic imine (C=N–C) groups is 1. The van der Waals surface area contributed by atoms with E-state index in [2.05, 4.69) is 4.99 Å². The Morgan fingerprint density at radius 1 is 0.974 bits per heavy atom. The van der Waals surface area contributed by atoms with E-state index in [0.717, 1.165) is 12.1 Å². The van der Waals surface area contributed by atoms with Crippen molar-refractivity contribution in [3.05, 3.63) is 77.4 Å². The molecule has 1 unspecified atom stereocenters. The van der Waals surface area contributed by atoms with Crippen LogP contribution in [0.5, 0.6) is 23.0 Å².